The minimum Gasteiger partial charge on any atom is -0.258 e. The highest BCUT2D eigenvalue weighted by atomic mass is 16.6. The van der Waals surface area contributed by atoms with Crippen LogP contribution in [0, 0.1) is 16.0 Å². The molecule has 3 heteroatoms. The van der Waals surface area contributed by atoms with E-state index in [1.807, 2.05) is 26.0 Å². The normalized spacial score (nSPS) is 8.83. The van der Waals surface area contributed by atoms with Crippen molar-refractivity contribution in [2.75, 3.05) is 0 Å². The molecule has 1 aromatic rings. The number of nitro benzene ring substituents is 1. The van der Waals surface area contributed by atoms with Gasteiger partial charge in [0.2, 0.25) is 0 Å². The van der Waals surface area contributed by atoms with E-state index in [1.54, 1.807) is 12.1 Å². The zero-order valence-electron chi connectivity index (χ0n) is 12.6. The fourth-order valence-corrected chi connectivity index (χ4v) is 1.07. The van der Waals surface area contributed by atoms with Crippen LogP contribution in [0.1, 0.15) is 53.5 Å². The number of rotatable bonds is 3. The van der Waals surface area contributed by atoms with E-state index in [1.165, 1.54) is 0 Å². The van der Waals surface area contributed by atoms with Crippen molar-refractivity contribution in [3.63, 3.8) is 0 Å². The molecule has 0 spiro atoms. The Morgan fingerprint density at radius 1 is 1.11 bits per heavy atom. The van der Waals surface area contributed by atoms with Crippen LogP contribution in [0.5, 0.6) is 0 Å². The molecular formula is C15H27NO2. The summed E-state index contributed by atoms with van der Waals surface area (Å²) in [4.78, 5) is 9.90. The largest absolute Gasteiger partial charge is 0.269 e. The first kappa shape index (κ1) is 19.0. The molecule has 0 fully saturated rings. The maximum absolute atomic E-state index is 10.3. The zero-order valence-corrected chi connectivity index (χ0v) is 12.6. The Labute approximate surface area is 111 Å². The summed E-state index contributed by atoms with van der Waals surface area (Å²) in [6, 6.07) is 6.71. The van der Waals surface area contributed by atoms with Gasteiger partial charge in [0, 0.05) is 12.1 Å². The molecule has 0 aliphatic heterocycles. The number of nitrogens with zero attached hydrogens (tertiary/aromatic N) is 1. The van der Waals surface area contributed by atoms with Gasteiger partial charge in [0.05, 0.1) is 4.92 Å². The highest BCUT2D eigenvalue weighted by molar-refractivity contribution is 5.32. The minimum absolute atomic E-state index is 0.162. The van der Waals surface area contributed by atoms with E-state index in [9.17, 15) is 10.1 Å². The summed E-state index contributed by atoms with van der Waals surface area (Å²) in [6.45, 7) is 12.6. The number of hydrogen-bond acceptors (Lipinski definition) is 2. The summed E-state index contributed by atoms with van der Waals surface area (Å²) < 4.78 is 0. The highest BCUT2D eigenvalue weighted by Crippen LogP contribution is 2.12. The van der Waals surface area contributed by atoms with Gasteiger partial charge in [-0.1, -0.05) is 60.1 Å². The van der Waals surface area contributed by atoms with Crippen molar-refractivity contribution in [1.82, 2.24) is 0 Å². The molecule has 0 bridgehead atoms. The van der Waals surface area contributed by atoms with E-state index in [2.05, 4.69) is 27.7 Å². The first-order chi connectivity index (χ1) is 8.47. The van der Waals surface area contributed by atoms with Crippen molar-refractivity contribution in [3.8, 4) is 0 Å². The van der Waals surface area contributed by atoms with Crippen LogP contribution in [0.2, 0.25) is 0 Å². The van der Waals surface area contributed by atoms with Gasteiger partial charge in [-0.15, -0.1) is 0 Å². The fourth-order valence-electron chi connectivity index (χ4n) is 1.07. The predicted octanol–water partition coefficient (Wildman–Crippen LogP) is 5.24. The molecule has 0 N–H and O–H groups in total. The van der Waals surface area contributed by atoms with Crippen LogP contribution < -0.4 is 0 Å². The number of benzene rings is 1. The van der Waals surface area contributed by atoms with Crippen molar-refractivity contribution in [2.24, 2.45) is 5.92 Å². The summed E-state index contributed by atoms with van der Waals surface area (Å²) in [7, 11) is 0. The molecule has 104 valence electrons. The van der Waals surface area contributed by atoms with Crippen molar-refractivity contribution < 1.29 is 4.92 Å². The van der Waals surface area contributed by atoms with Crippen LogP contribution in [0.4, 0.5) is 5.69 Å². The van der Waals surface area contributed by atoms with Gasteiger partial charge in [-0.05, 0) is 17.9 Å². The molecule has 0 heterocycles. The number of non-ortho nitro benzene ring substituents is 1. The van der Waals surface area contributed by atoms with Crippen LogP contribution >= 0.6 is 0 Å². The van der Waals surface area contributed by atoms with Crippen LogP contribution in [-0.4, -0.2) is 4.92 Å². The number of aryl methyl sites for hydroxylation is 1. The monoisotopic (exact) mass is 253 g/mol. The minimum atomic E-state index is -0.379. The molecule has 18 heavy (non-hydrogen) atoms. The van der Waals surface area contributed by atoms with Crippen molar-refractivity contribution in [3.05, 3.63) is 39.9 Å². The summed E-state index contributed by atoms with van der Waals surface area (Å²) in [6.07, 6.45) is 2.05. The van der Waals surface area contributed by atoms with Crippen molar-refractivity contribution in [2.45, 2.75) is 54.4 Å². The Morgan fingerprint density at radius 3 is 1.78 bits per heavy atom. The molecule has 3 nitrogen and oxygen atoms in total. The summed E-state index contributed by atoms with van der Waals surface area (Å²) in [5, 5.41) is 10.3. The molecule has 0 saturated carbocycles. The number of nitro groups is 1. The molecule has 1 rings (SSSR count). The molecule has 0 radical (unpaired) electrons. The molecule has 0 unspecified atom stereocenters. The van der Waals surface area contributed by atoms with Crippen LogP contribution in [0.15, 0.2) is 24.3 Å². The van der Waals surface area contributed by atoms with Gasteiger partial charge in [0.25, 0.3) is 5.69 Å². The van der Waals surface area contributed by atoms with E-state index in [0.29, 0.717) is 0 Å². The topological polar surface area (TPSA) is 43.1 Å². The Kier molecular flexibility index (Phi) is 12.7. The quantitative estimate of drug-likeness (QED) is 0.546. The lowest BCUT2D eigenvalue weighted by Gasteiger charge is -1.96. The smallest absolute Gasteiger partial charge is 0.258 e. The lowest BCUT2D eigenvalue weighted by molar-refractivity contribution is -0.384. The maximum Gasteiger partial charge on any atom is 0.269 e. The lowest BCUT2D eigenvalue weighted by Crippen LogP contribution is -1.88. The summed E-state index contributed by atoms with van der Waals surface area (Å²) in [5.74, 6) is 0.833. The van der Waals surface area contributed by atoms with Gasteiger partial charge >= 0.3 is 0 Å². The third-order valence-electron chi connectivity index (χ3n) is 1.69. The first-order valence-corrected chi connectivity index (χ1v) is 6.70. The average molecular weight is 253 g/mol. The standard InChI is InChI=1S/C9H11NO2.C4H10.C2H6/c1-2-3-8-4-6-9(7-5-8)10(11)12;1-4(2)3;1-2/h4-7H,2-3H2,1H3;4H,1-3H3;1-2H3. The molecule has 0 amide bonds. The Morgan fingerprint density at radius 2 is 1.50 bits per heavy atom. The molecule has 0 aromatic heterocycles. The van der Waals surface area contributed by atoms with Crippen LogP contribution in [-0.2, 0) is 6.42 Å². The van der Waals surface area contributed by atoms with Gasteiger partial charge in [-0.2, -0.15) is 0 Å². The molecule has 0 aliphatic rings. The SMILES string of the molecule is CC.CC(C)C.CCCc1ccc([N+](=O)[O-])cc1. The second-order valence-corrected chi connectivity index (χ2v) is 4.41. The Balaban J connectivity index is 0. The Bertz CT molecular complexity index is 302. The third kappa shape index (κ3) is 11.1. The van der Waals surface area contributed by atoms with Gasteiger partial charge in [-0.25, -0.2) is 0 Å². The lowest BCUT2D eigenvalue weighted by atomic mass is 10.1. The van der Waals surface area contributed by atoms with E-state index in [4.69, 9.17) is 0 Å². The summed E-state index contributed by atoms with van der Waals surface area (Å²) >= 11 is 0. The van der Waals surface area contributed by atoms with Gasteiger partial charge in [-0.3, -0.25) is 10.1 Å². The molecule has 1 aromatic carbocycles. The first-order valence-electron chi connectivity index (χ1n) is 6.70. The summed E-state index contributed by atoms with van der Waals surface area (Å²) in [5.41, 5.74) is 1.32. The van der Waals surface area contributed by atoms with Crippen LogP contribution in [0.3, 0.4) is 0 Å². The number of hydrogen-bond donors (Lipinski definition) is 0. The average Bonchev–Trinajstić information content (AvgIpc) is 2.32. The van der Waals surface area contributed by atoms with Crippen molar-refractivity contribution >= 4 is 5.69 Å². The molecule has 0 atom stereocenters. The van der Waals surface area contributed by atoms with E-state index < -0.39 is 0 Å². The second-order valence-electron chi connectivity index (χ2n) is 4.41. The predicted molar refractivity (Wildman–Crippen MR) is 79.0 cm³/mol. The maximum atomic E-state index is 10.3. The van der Waals surface area contributed by atoms with E-state index >= 15 is 0 Å². The molecule has 0 saturated heterocycles. The molecular weight excluding hydrogens is 226 g/mol. The zero-order chi connectivity index (χ0) is 14.6. The Hall–Kier alpha value is -1.38. The highest BCUT2D eigenvalue weighted by Gasteiger charge is 2.02. The van der Waals surface area contributed by atoms with Gasteiger partial charge in [0.15, 0.2) is 0 Å². The van der Waals surface area contributed by atoms with E-state index in [0.717, 1.165) is 24.3 Å². The van der Waals surface area contributed by atoms with Gasteiger partial charge < -0.3 is 0 Å². The van der Waals surface area contributed by atoms with Gasteiger partial charge in [0.1, 0.15) is 0 Å². The van der Waals surface area contributed by atoms with E-state index in [-0.39, 0.29) is 10.6 Å². The third-order valence-corrected chi connectivity index (χ3v) is 1.69. The van der Waals surface area contributed by atoms with Crippen LogP contribution in [0.25, 0.3) is 0 Å². The molecule has 0 aliphatic carbocycles. The second kappa shape index (κ2) is 12.1. The fraction of sp³-hybridized carbons (Fsp3) is 0.600. The van der Waals surface area contributed by atoms with Crippen molar-refractivity contribution in [1.29, 1.82) is 0 Å².